The van der Waals surface area contributed by atoms with Crippen molar-refractivity contribution in [2.24, 2.45) is 0 Å². The van der Waals surface area contributed by atoms with Gasteiger partial charge in [-0.15, -0.1) is 0 Å². The predicted molar refractivity (Wildman–Crippen MR) is 300 cm³/mol. The Morgan fingerprint density at radius 1 is 0.406 bits per heavy atom. The van der Waals surface area contributed by atoms with E-state index in [1.54, 1.807) is 0 Å². The van der Waals surface area contributed by atoms with E-state index in [1.165, 1.54) is 118 Å². The molecule has 0 nitrogen and oxygen atoms in total. The minimum atomic E-state index is 0.238. The largest absolute Gasteiger partial charge is 0.0683 e. The van der Waals surface area contributed by atoms with Gasteiger partial charge < -0.3 is 0 Å². The lowest BCUT2D eigenvalue weighted by atomic mass is 9.76. The lowest BCUT2D eigenvalue weighted by molar-refractivity contribution is 0.654. The Morgan fingerprint density at radius 3 is 1.64 bits per heavy atom. The van der Waals surface area contributed by atoms with Crippen LogP contribution in [0, 0.1) is 13.8 Å². The lowest BCUT2D eigenvalue weighted by Gasteiger charge is -2.28. The summed E-state index contributed by atoms with van der Waals surface area (Å²) in [4.78, 5) is 0. The van der Waals surface area contributed by atoms with Crippen molar-refractivity contribution in [1.82, 2.24) is 0 Å². The average Bonchev–Trinajstić information content (AvgIpc) is 3.79. The maximum absolute atomic E-state index is 2.48. The summed E-state index contributed by atoms with van der Waals surface area (Å²) in [5.41, 5.74) is 27.6. The van der Waals surface area contributed by atoms with Crippen LogP contribution < -0.4 is 0 Å². The first-order valence-electron chi connectivity index (χ1n) is 25.8. The van der Waals surface area contributed by atoms with Crippen molar-refractivity contribution < 1.29 is 0 Å². The molecule has 2 unspecified atom stereocenters. The Hall–Kier alpha value is -7.02. The second kappa shape index (κ2) is 22.9. The van der Waals surface area contributed by atoms with Gasteiger partial charge in [-0.25, -0.2) is 0 Å². The van der Waals surface area contributed by atoms with Crippen LogP contribution >= 0.6 is 0 Å². The van der Waals surface area contributed by atoms with Gasteiger partial charge in [0.05, 0.1) is 0 Å². The standard InChI is InChI=1S/C50H42.C15H16.2C2H6/c1-32-12-4-7-15-41(32)50(33(2)38-26-27-40-30-39-14-6-9-17-46(39)49(40)31-38)37-24-22-36(23-25-37)45-20-11-21-47-43-19-10-18-42(34(43)3)44-16-8-5-13-35(44)28-29-48(45)47;1-2-8-13-11-6-7-12-15(13)14-9-4-3-5-10-14;2*1-2/h4-27,31,33,50H,28-30H2,1-3H3;3-7,9-12H,2,8H2,1H3;2*1-2H3. The summed E-state index contributed by atoms with van der Waals surface area (Å²) in [5.74, 6) is 0.539. The van der Waals surface area contributed by atoms with E-state index in [0.717, 1.165) is 25.7 Å². The molecule has 69 heavy (non-hydrogen) atoms. The van der Waals surface area contributed by atoms with Crippen LogP contribution in [0.3, 0.4) is 0 Å². The zero-order chi connectivity index (χ0) is 48.3. The van der Waals surface area contributed by atoms with Crippen LogP contribution in [0.25, 0.3) is 55.6 Å². The fourth-order valence-corrected chi connectivity index (χ4v) is 10.9. The third-order valence-corrected chi connectivity index (χ3v) is 14.3. The molecule has 0 saturated heterocycles. The molecule has 2 bridgehead atoms. The molecule has 0 N–H and O–H groups in total. The van der Waals surface area contributed by atoms with Crippen molar-refractivity contribution in [3.05, 3.63) is 262 Å². The zero-order valence-corrected chi connectivity index (χ0v) is 42.3. The minimum absolute atomic E-state index is 0.238. The van der Waals surface area contributed by atoms with Crippen LogP contribution in [0.1, 0.15) is 115 Å². The normalized spacial score (nSPS) is 12.5. The number of hydrogen-bond donors (Lipinski definition) is 0. The van der Waals surface area contributed by atoms with E-state index in [1.807, 2.05) is 27.7 Å². The molecule has 2 atom stereocenters. The molecule has 0 saturated carbocycles. The molecule has 346 valence electrons. The van der Waals surface area contributed by atoms with Gasteiger partial charge in [-0.05, 0) is 157 Å². The van der Waals surface area contributed by atoms with Crippen LogP contribution in [-0.2, 0) is 25.7 Å². The second-order valence-electron chi connectivity index (χ2n) is 18.2. The van der Waals surface area contributed by atoms with E-state index in [9.17, 15) is 0 Å². The molecule has 0 heteroatoms. The van der Waals surface area contributed by atoms with Gasteiger partial charge in [0.2, 0.25) is 0 Å². The SMILES string of the molecule is CC.CC.CCCc1ccccc1-c1ccccc1.Cc1ccccc1C(c1ccc(-c2cccc3c2CCc2ccccc2-c2cccc-3c2C)cc1)C(C)c1ccc2c(c1)-c1ccccc1C2. The Balaban J connectivity index is 0.000000285. The van der Waals surface area contributed by atoms with E-state index in [4.69, 9.17) is 0 Å². The van der Waals surface area contributed by atoms with Gasteiger partial charge in [-0.2, -0.15) is 0 Å². The van der Waals surface area contributed by atoms with Gasteiger partial charge in [-0.1, -0.05) is 254 Å². The van der Waals surface area contributed by atoms with Crippen molar-refractivity contribution in [2.45, 2.75) is 99.3 Å². The number of rotatable bonds is 8. The number of aryl methyl sites for hydroxylation is 3. The number of hydrogen-bond acceptors (Lipinski definition) is 0. The smallest absolute Gasteiger partial charge is 0.0158 e. The van der Waals surface area contributed by atoms with Gasteiger partial charge in [0, 0.05) is 5.92 Å². The monoisotopic (exact) mass is 899 g/mol. The molecule has 0 heterocycles. The minimum Gasteiger partial charge on any atom is -0.0683 e. The van der Waals surface area contributed by atoms with Crippen molar-refractivity contribution in [3.63, 3.8) is 0 Å². The summed E-state index contributed by atoms with van der Waals surface area (Å²) < 4.78 is 0. The maximum Gasteiger partial charge on any atom is 0.0158 e. The Kier molecular flexibility index (Phi) is 16.0. The fourth-order valence-electron chi connectivity index (χ4n) is 10.9. The Bertz CT molecular complexity index is 3110. The van der Waals surface area contributed by atoms with Gasteiger partial charge in [-0.3, -0.25) is 0 Å². The molecule has 9 aromatic carbocycles. The van der Waals surface area contributed by atoms with Crippen LogP contribution in [-0.4, -0.2) is 0 Å². The Labute approximate surface area is 414 Å². The van der Waals surface area contributed by atoms with E-state index in [2.05, 4.69) is 234 Å². The maximum atomic E-state index is 2.48. The van der Waals surface area contributed by atoms with Crippen molar-refractivity contribution >= 4 is 0 Å². The van der Waals surface area contributed by atoms with Gasteiger partial charge >= 0.3 is 0 Å². The van der Waals surface area contributed by atoms with E-state index in [-0.39, 0.29) is 5.92 Å². The highest BCUT2D eigenvalue weighted by atomic mass is 14.3. The number of fused-ring (bicyclic) bond motifs is 9. The molecular weight excluding hydrogens is 829 g/mol. The Morgan fingerprint density at radius 2 is 0.928 bits per heavy atom. The van der Waals surface area contributed by atoms with Crippen LogP contribution in [0.5, 0.6) is 0 Å². The van der Waals surface area contributed by atoms with Gasteiger partial charge in [0.25, 0.3) is 0 Å². The molecule has 2 aliphatic rings. The van der Waals surface area contributed by atoms with Crippen LogP contribution in [0.2, 0.25) is 0 Å². The zero-order valence-electron chi connectivity index (χ0n) is 42.3. The average molecular weight is 899 g/mol. The summed E-state index contributed by atoms with van der Waals surface area (Å²) in [6.07, 6.45) is 5.42. The van der Waals surface area contributed by atoms with E-state index in [0.29, 0.717) is 5.92 Å². The van der Waals surface area contributed by atoms with E-state index < -0.39 is 0 Å². The summed E-state index contributed by atoms with van der Waals surface area (Å²) in [6, 6.07) is 76.7. The molecule has 0 spiro atoms. The molecule has 0 amide bonds. The van der Waals surface area contributed by atoms with Crippen LogP contribution in [0.4, 0.5) is 0 Å². The van der Waals surface area contributed by atoms with Crippen molar-refractivity contribution in [2.75, 3.05) is 0 Å². The first-order chi connectivity index (χ1) is 34.0. The summed E-state index contributed by atoms with van der Waals surface area (Å²) in [5, 5.41) is 0. The van der Waals surface area contributed by atoms with Gasteiger partial charge in [0.15, 0.2) is 0 Å². The third-order valence-electron chi connectivity index (χ3n) is 14.3. The van der Waals surface area contributed by atoms with Crippen molar-refractivity contribution in [1.29, 1.82) is 0 Å². The summed E-state index contributed by atoms with van der Waals surface area (Å²) in [6.45, 7) is 17.2. The molecule has 0 aliphatic heterocycles. The molecule has 11 rings (SSSR count). The quantitative estimate of drug-likeness (QED) is 0.143. The van der Waals surface area contributed by atoms with E-state index >= 15 is 0 Å². The topological polar surface area (TPSA) is 0 Å². The molecule has 0 aromatic heterocycles. The summed E-state index contributed by atoms with van der Waals surface area (Å²) in [7, 11) is 0. The van der Waals surface area contributed by atoms with Gasteiger partial charge in [0.1, 0.15) is 0 Å². The van der Waals surface area contributed by atoms with Crippen molar-refractivity contribution in [3.8, 4) is 55.6 Å². The molecular formula is C69H70. The molecule has 2 aliphatic carbocycles. The highest BCUT2D eigenvalue weighted by molar-refractivity contribution is 5.86. The fraction of sp³-hybridized carbons (Fsp3) is 0.217. The first-order valence-corrected chi connectivity index (χ1v) is 25.8. The molecule has 0 fully saturated rings. The highest BCUT2D eigenvalue weighted by Crippen LogP contribution is 2.45. The third kappa shape index (κ3) is 10.2. The summed E-state index contributed by atoms with van der Waals surface area (Å²) >= 11 is 0. The number of benzene rings is 9. The second-order valence-corrected chi connectivity index (χ2v) is 18.2. The lowest BCUT2D eigenvalue weighted by Crippen LogP contribution is -2.12. The first kappa shape index (κ1) is 48.4. The van der Waals surface area contributed by atoms with Crippen LogP contribution in [0.15, 0.2) is 206 Å². The predicted octanol–water partition coefficient (Wildman–Crippen LogP) is 19.3. The molecule has 0 radical (unpaired) electrons. The molecule has 9 aromatic rings. The highest BCUT2D eigenvalue weighted by Gasteiger charge is 2.27.